The Morgan fingerprint density at radius 3 is 2.30 bits per heavy atom. The van der Waals surface area contributed by atoms with E-state index >= 15 is 0 Å². The fourth-order valence-corrected chi connectivity index (χ4v) is 4.70. The molecule has 0 aliphatic heterocycles. The van der Waals surface area contributed by atoms with Crippen molar-refractivity contribution in [2.45, 2.75) is 51.8 Å². The van der Waals surface area contributed by atoms with Crippen LogP contribution in [0.1, 0.15) is 48.9 Å². The van der Waals surface area contributed by atoms with Gasteiger partial charge in [-0.1, -0.05) is 48.0 Å². The lowest BCUT2D eigenvalue weighted by molar-refractivity contribution is -0.123. The highest BCUT2D eigenvalue weighted by Gasteiger charge is 2.25. The molecule has 3 N–H and O–H groups in total. The molecule has 3 aromatic carbocycles. The molecule has 1 amide bonds. The molecule has 0 aliphatic carbocycles. The van der Waals surface area contributed by atoms with Gasteiger partial charge in [0, 0.05) is 22.7 Å². The van der Waals surface area contributed by atoms with Crippen molar-refractivity contribution in [3.8, 4) is 0 Å². The summed E-state index contributed by atoms with van der Waals surface area (Å²) in [5.41, 5.74) is 4.50. The monoisotopic (exact) mass is 618 g/mol. The maximum atomic E-state index is 13.8. The van der Waals surface area contributed by atoms with E-state index in [2.05, 4.69) is 39.3 Å². The predicted molar refractivity (Wildman–Crippen MR) is 153 cm³/mol. The van der Waals surface area contributed by atoms with Gasteiger partial charge in [-0.15, -0.1) is 0 Å². The first-order valence-electron chi connectivity index (χ1n) is 12.2. The topological polar surface area (TPSA) is 61.4 Å². The molecular formula is C30H33F2IN2O2. The van der Waals surface area contributed by atoms with Crippen molar-refractivity contribution >= 4 is 34.6 Å². The normalized spacial score (nSPS) is 13.5. The van der Waals surface area contributed by atoms with Crippen LogP contribution >= 0.6 is 22.6 Å². The van der Waals surface area contributed by atoms with Gasteiger partial charge in [0.1, 0.15) is 11.6 Å². The van der Waals surface area contributed by atoms with Crippen LogP contribution in [0.4, 0.5) is 8.78 Å². The molecule has 37 heavy (non-hydrogen) atoms. The number of hydrogen-bond donors (Lipinski definition) is 3. The van der Waals surface area contributed by atoms with Gasteiger partial charge >= 0.3 is 0 Å². The van der Waals surface area contributed by atoms with E-state index in [0.29, 0.717) is 12.1 Å². The Morgan fingerprint density at radius 2 is 1.68 bits per heavy atom. The maximum Gasteiger partial charge on any atom is 0.227 e. The number of amides is 1. The SMILES string of the molecule is CC(C)=Cc1ccc(C(C)C(=O)N[C@@H](Cc2cc(F)cc(F)c2)[C@@H](O)CNCc2cccc(I)c2)cc1. The van der Waals surface area contributed by atoms with Crippen molar-refractivity contribution in [1.82, 2.24) is 10.6 Å². The second-order valence-electron chi connectivity index (χ2n) is 9.54. The highest BCUT2D eigenvalue weighted by Crippen LogP contribution is 2.19. The fraction of sp³-hybridized carbons (Fsp3) is 0.300. The van der Waals surface area contributed by atoms with E-state index in [9.17, 15) is 18.7 Å². The van der Waals surface area contributed by atoms with Gasteiger partial charge in [-0.25, -0.2) is 8.78 Å². The molecule has 0 bridgehead atoms. The number of nitrogens with one attached hydrogen (secondary N) is 2. The van der Waals surface area contributed by atoms with Crippen molar-refractivity contribution in [3.05, 3.63) is 110 Å². The summed E-state index contributed by atoms with van der Waals surface area (Å²) in [6.07, 6.45) is 1.16. The third-order valence-electron chi connectivity index (χ3n) is 6.03. The number of allylic oxidation sites excluding steroid dienone is 1. The lowest BCUT2D eigenvalue weighted by Crippen LogP contribution is -2.49. The minimum atomic E-state index is -0.981. The van der Waals surface area contributed by atoms with Crippen LogP contribution in [0.3, 0.4) is 0 Å². The summed E-state index contributed by atoms with van der Waals surface area (Å²) in [5.74, 6) is -2.14. The minimum Gasteiger partial charge on any atom is -0.390 e. The largest absolute Gasteiger partial charge is 0.390 e. The Balaban J connectivity index is 1.71. The number of benzene rings is 3. The van der Waals surface area contributed by atoms with Crippen LogP contribution in [0, 0.1) is 15.2 Å². The summed E-state index contributed by atoms with van der Waals surface area (Å²) >= 11 is 2.24. The van der Waals surface area contributed by atoms with Crippen molar-refractivity contribution in [2.75, 3.05) is 6.54 Å². The van der Waals surface area contributed by atoms with Crippen LogP contribution in [0.25, 0.3) is 6.08 Å². The van der Waals surface area contributed by atoms with Gasteiger partial charge in [-0.05, 0) is 96.3 Å². The number of aliphatic hydroxyl groups is 1. The maximum absolute atomic E-state index is 13.8. The molecule has 0 heterocycles. The first-order valence-corrected chi connectivity index (χ1v) is 13.3. The zero-order valence-electron chi connectivity index (χ0n) is 21.3. The van der Waals surface area contributed by atoms with E-state index < -0.39 is 29.7 Å². The molecular weight excluding hydrogens is 585 g/mol. The summed E-state index contributed by atoms with van der Waals surface area (Å²) in [6, 6.07) is 18.2. The van der Waals surface area contributed by atoms with Gasteiger partial charge in [0.05, 0.1) is 18.1 Å². The zero-order valence-corrected chi connectivity index (χ0v) is 23.4. The van der Waals surface area contributed by atoms with Crippen molar-refractivity contribution < 1.29 is 18.7 Å². The van der Waals surface area contributed by atoms with Crippen molar-refractivity contribution in [1.29, 1.82) is 0 Å². The summed E-state index contributed by atoms with van der Waals surface area (Å²) in [5, 5.41) is 17.1. The van der Waals surface area contributed by atoms with Crippen LogP contribution in [0.2, 0.25) is 0 Å². The summed E-state index contributed by atoms with van der Waals surface area (Å²) in [7, 11) is 0. The summed E-state index contributed by atoms with van der Waals surface area (Å²) in [4.78, 5) is 13.2. The molecule has 0 radical (unpaired) electrons. The third-order valence-corrected chi connectivity index (χ3v) is 6.70. The van der Waals surface area contributed by atoms with Crippen LogP contribution in [0.5, 0.6) is 0 Å². The molecule has 3 atom stereocenters. The first-order chi connectivity index (χ1) is 17.6. The van der Waals surface area contributed by atoms with Crippen molar-refractivity contribution in [3.63, 3.8) is 0 Å². The highest BCUT2D eigenvalue weighted by molar-refractivity contribution is 14.1. The number of hydrogen-bond acceptors (Lipinski definition) is 3. The lowest BCUT2D eigenvalue weighted by atomic mass is 9.96. The van der Waals surface area contributed by atoms with E-state index in [0.717, 1.165) is 26.3 Å². The van der Waals surface area contributed by atoms with Crippen molar-refractivity contribution in [2.24, 2.45) is 0 Å². The molecule has 0 aliphatic rings. The Bertz CT molecular complexity index is 1210. The van der Waals surface area contributed by atoms with Crippen LogP contribution < -0.4 is 10.6 Å². The van der Waals surface area contributed by atoms with Gasteiger partial charge in [0.25, 0.3) is 0 Å². The zero-order chi connectivity index (χ0) is 26.9. The molecule has 0 saturated carbocycles. The number of rotatable bonds is 11. The number of carbonyl (C=O) groups excluding carboxylic acids is 1. The van der Waals surface area contributed by atoms with E-state index in [1.165, 1.54) is 17.7 Å². The van der Waals surface area contributed by atoms with Crippen LogP contribution in [-0.4, -0.2) is 29.7 Å². The molecule has 0 spiro atoms. The molecule has 1 unspecified atom stereocenters. The quantitative estimate of drug-likeness (QED) is 0.232. The Hall–Kier alpha value is -2.62. The van der Waals surface area contributed by atoms with Gasteiger partial charge in [-0.3, -0.25) is 4.79 Å². The van der Waals surface area contributed by atoms with Gasteiger partial charge in [0.15, 0.2) is 0 Å². The summed E-state index contributed by atoms with van der Waals surface area (Å²) in [6.45, 7) is 6.58. The molecule has 196 valence electrons. The van der Waals surface area contributed by atoms with Crippen LogP contribution in [0.15, 0.2) is 72.3 Å². The highest BCUT2D eigenvalue weighted by atomic mass is 127. The van der Waals surface area contributed by atoms with Crippen LogP contribution in [-0.2, 0) is 17.8 Å². The van der Waals surface area contributed by atoms with E-state index in [-0.39, 0.29) is 18.9 Å². The molecule has 3 rings (SSSR count). The average molecular weight is 619 g/mol. The lowest BCUT2D eigenvalue weighted by Gasteiger charge is -2.26. The first kappa shape index (κ1) is 28.9. The molecule has 0 saturated heterocycles. The Morgan fingerprint density at radius 1 is 1.00 bits per heavy atom. The molecule has 3 aromatic rings. The molecule has 0 aromatic heterocycles. The Labute approximate surface area is 231 Å². The van der Waals surface area contributed by atoms with Gasteiger partial charge < -0.3 is 15.7 Å². The number of carbonyl (C=O) groups is 1. The average Bonchev–Trinajstić information content (AvgIpc) is 2.82. The molecule has 0 fully saturated rings. The third kappa shape index (κ3) is 9.32. The number of halogens is 3. The second kappa shape index (κ2) is 13.8. The van der Waals surface area contributed by atoms with Gasteiger partial charge in [-0.2, -0.15) is 0 Å². The molecule has 7 heteroatoms. The smallest absolute Gasteiger partial charge is 0.227 e. The standard InChI is InChI=1S/C30H33F2IN2O2/c1-19(2)11-21-7-9-24(10-8-21)20(3)30(37)35-28(15-23-12-25(31)16-26(32)13-23)29(36)18-34-17-22-5-4-6-27(33)14-22/h4-14,16,20,28-29,34,36H,15,17-18H2,1-3H3,(H,35,37)/t20?,28-,29-/m0/s1. The number of aliphatic hydroxyl groups excluding tert-OH is 1. The van der Waals surface area contributed by atoms with E-state index in [4.69, 9.17) is 0 Å². The molecule has 4 nitrogen and oxygen atoms in total. The Kier molecular flexibility index (Phi) is 10.8. The minimum absolute atomic E-state index is 0.0821. The summed E-state index contributed by atoms with van der Waals surface area (Å²) < 4.78 is 28.7. The predicted octanol–water partition coefficient (Wildman–Crippen LogP) is 5.97. The van der Waals surface area contributed by atoms with Gasteiger partial charge in [0.2, 0.25) is 5.91 Å². The second-order valence-corrected chi connectivity index (χ2v) is 10.8. The van der Waals surface area contributed by atoms with E-state index in [1.54, 1.807) is 6.92 Å². The fourth-order valence-electron chi connectivity index (χ4n) is 4.09. The van der Waals surface area contributed by atoms with E-state index in [1.807, 2.05) is 62.4 Å².